The first-order chi connectivity index (χ1) is 13.1. The number of hydrogen-bond donors (Lipinski definition) is 2. The summed E-state index contributed by atoms with van der Waals surface area (Å²) in [5.41, 5.74) is 1.78. The molecule has 27 heavy (non-hydrogen) atoms. The Balaban J connectivity index is 1.90. The molecule has 0 bridgehead atoms. The highest BCUT2D eigenvalue weighted by Gasteiger charge is 2.14. The molecule has 5 nitrogen and oxygen atoms in total. The summed E-state index contributed by atoms with van der Waals surface area (Å²) in [7, 11) is 1.59. The summed E-state index contributed by atoms with van der Waals surface area (Å²) < 4.78 is 4.91. The van der Waals surface area contributed by atoms with E-state index in [-0.39, 0.29) is 23.5 Å². The fraction of sp³-hybridized carbons (Fsp3) is 0.333. The largest absolute Gasteiger partial charge is 0.383 e. The molecule has 2 rings (SSSR count). The number of carbonyl (C=O) groups excluding carboxylic acids is 2. The van der Waals surface area contributed by atoms with Crippen LogP contribution in [0, 0.1) is 0 Å². The zero-order valence-corrected chi connectivity index (χ0v) is 16.6. The van der Waals surface area contributed by atoms with Crippen molar-refractivity contribution < 1.29 is 14.3 Å². The van der Waals surface area contributed by atoms with Crippen molar-refractivity contribution >= 4 is 23.6 Å². The summed E-state index contributed by atoms with van der Waals surface area (Å²) >= 11 is 1.36. The number of methoxy groups -OCH3 is 1. The maximum Gasteiger partial charge on any atom is 0.252 e. The van der Waals surface area contributed by atoms with E-state index in [1.807, 2.05) is 36.4 Å². The van der Waals surface area contributed by atoms with Crippen LogP contribution in [0.2, 0.25) is 0 Å². The maximum atomic E-state index is 12.6. The Morgan fingerprint density at radius 1 is 1.04 bits per heavy atom. The lowest BCUT2D eigenvalue weighted by Crippen LogP contribution is -2.29. The molecule has 0 fully saturated rings. The van der Waals surface area contributed by atoms with E-state index in [1.165, 1.54) is 17.3 Å². The Hall–Kier alpha value is -2.31. The van der Waals surface area contributed by atoms with Crippen LogP contribution in [0.4, 0.5) is 0 Å². The van der Waals surface area contributed by atoms with Crippen LogP contribution in [-0.4, -0.2) is 44.4 Å². The minimum absolute atomic E-state index is 0.0787. The molecule has 144 valence electrons. The zero-order chi connectivity index (χ0) is 19.5. The molecule has 0 saturated carbocycles. The molecule has 1 atom stereocenters. The van der Waals surface area contributed by atoms with Crippen molar-refractivity contribution in [2.45, 2.75) is 17.7 Å². The Labute approximate surface area is 164 Å². The molecule has 2 amide bonds. The Morgan fingerprint density at radius 2 is 1.74 bits per heavy atom. The summed E-state index contributed by atoms with van der Waals surface area (Å²) in [6, 6.07) is 17.4. The topological polar surface area (TPSA) is 67.4 Å². The number of carbonyl (C=O) groups is 2. The molecule has 0 heterocycles. The second-order valence-corrected chi connectivity index (χ2v) is 7.17. The number of amides is 2. The van der Waals surface area contributed by atoms with Gasteiger partial charge in [-0.1, -0.05) is 49.4 Å². The van der Waals surface area contributed by atoms with Gasteiger partial charge in [-0.3, -0.25) is 9.59 Å². The lowest BCUT2D eigenvalue weighted by Gasteiger charge is -2.14. The molecule has 0 aliphatic heterocycles. The quantitative estimate of drug-likeness (QED) is 0.486. The van der Waals surface area contributed by atoms with Crippen molar-refractivity contribution in [2.75, 3.05) is 32.6 Å². The fourth-order valence-corrected chi connectivity index (χ4v) is 3.39. The molecular weight excluding hydrogens is 360 g/mol. The summed E-state index contributed by atoms with van der Waals surface area (Å²) in [5.74, 6) is 0.279. The third kappa shape index (κ3) is 7.07. The van der Waals surface area contributed by atoms with E-state index in [9.17, 15) is 9.59 Å². The molecule has 0 aliphatic carbocycles. The number of ether oxygens (including phenoxy) is 1. The number of nitrogens with one attached hydrogen (secondary N) is 2. The third-order valence-corrected chi connectivity index (χ3v) is 5.13. The Kier molecular flexibility index (Phi) is 8.87. The summed E-state index contributed by atoms with van der Waals surface area (Å²) in [4.78, 5) is 25.3. The highest BCUT2D eigenvalue weighted by atomic mass is 32.2. The van der Waals surface area contributed by atoms with Gasteiger partial charge in [0.2, 0.25) is 5.91 Å². The lowest BCUT2D eigenvalue weighted by atomic mass is 10.0. The third-order valence-electron chi connectivity index (χ3n) is 4.06. The van der Waals surface area contributed by atoms with Crippen molar-refractivity contribution in [1.82, 2.24) is 10.6 Å². The van der Waals surface area contributed by atoms with Crippen LogP contribution in [0.5, 0.6) is 0 Å². The number of thioether (sulfide) groups is 1. The fourth-order valence-electron chi connectivity index (χ4n) is 2.51. The summed E-state index contributed by atoms with van der Waals surface area (Å²) in [6.45, 7) is 3.60. The standard InChI is InChI=1S/C21H26N2O3S/c1-16(17-8-4-3-5-9-17)14-23-21(25)18-10-6-7-11-19(18)27-15-20(24)22-12-13-26-2/h3-11,16H,12-15H2,1-2H3,(H,22,24)(H,23,25). The van der Waals surface area contributed by atoms with Gasteiger partial charge in [0.1, 0.15) is 0 Å². The van der Waals surface area contributed by atoms with Crippen molar-refractivity contribution in [3.05, 3.63) is 65.7 Å². The van der Waals surface area contributed by atoms with Crippen molar-refractivity contribution in [2.24, 2.45) is 0 Å². The van der Waals surface area contributed by atoms with Gasteiger partial charge in [-0.05, 0) is 23.6 Å². The molecule has 6 heteroatoms. The Morgan fingerprint density at radius 3 is 2.48 bits per heavy atom. The molecule has 0 radical (unpaired) electrons. The molecule has 0 spiro atoms. The lowest BCUT2D eigenvalue weighted by molar-refractivity contribution is -0.118. The predicted octanol–water partition coefficient (Wildman–Crippen LogP) is 3.07. The number of benzene rings is 2. The molecule has 0 aliphatic rings. The predicted molar refractivity (Wildman–Crippen MR) is 109 cm³/mol. The first-order valence-corrected chi connectivity index (χ1v) is 9.91. The second-order valence-electron chi connectivity index (χ2n) is 6.15. The van der Waals surface area contributed by atoms with Crippen LogP contribution in [0.25, 0.3) is 0 Å². The van der Waals surface area contributed by atoms with Crippen LogP contribution in [0.3, 0.4) is 0 Å². The number of hydrogen-bond acceptors (Lipinski definition) is 4. The van der Waals surface area contributed by atoms with E-state index in [4.69, 9.17) is 4.74 Å². The minimum Gasteiger partial charge on any atom is -0.383 e. The SMILES string of the molecule is COCCNC(=O)CSc1ccccc1C(=O)NCC(C)c1ccccc1. The van der Waals surface area contributed by atoms with Gasteiger partial charge < -0.3 is 15.4 Å². The van der Waals surface area contributed by atoms with Crippen LogP contribution in [-0.2, 0) is 9.53 Å². The maximum absolute atomic E-state index is 12.6. The first-order valence-electron chi connectivity index (χ1n) is 8.92. The smallest absolute Gasteiger partial charge is 0.252 e. The first kappa shape index (κ1) is 21.0. The second kappa shape index (κ2) is 11.4. The molecule has 2 N–H and O–H groups in total. The molecule has 0 aromatic heterocycles. The van der Waals surface area contributed by atoms with Gasteiger partial charge in [-0.25, -0.2) is 0 Å². The van der Waals surface area contributed by atoms with E-state index in [0.717, 1.165) is 4.90 Å². The van der Waals surface area contributed by atoms with Gasteiger partial charge in [0, 0.05) is 25.1 Å². The van der Waals surface area contributed by atoms with E-state index in [1.54, 1.807) is 13.2 Å². The molecular formula is C21H26N2O3S. The van der Waals surface area contributed by atoms with Crippen molar-refractivity contribution in [1.29, 1.82) is 0 Å². The van der Waals surface area contributed by atoms with Crippen LogP contribution in [0.1, 0.15) is 28.8 Å². The van der Waals surface area contributed by atoms with Gasteiger partial charge in [0.15, 0.2) is 0 Å². The van der Waals surface area contributed by atoms with Gasteiger partial charge in [-0.15, -0.1) is 11.8 Å². The molecule has 2 aromatic rings. The molecule has 2 aromatic carbocycles. The van der Waals surface area contributed by atoms with Gasteiger partial charge >= 0.3 is 0 Å². The molecule has 0 saturated heterocycles. The van der Waals surface area contributed by atoms with Gasteiger partial charge in [-0.2, -0.15) is 0 Å². The normalized spacial score (nSPS) is 11.6. The minimum atomic E-state index is -0.124. The van der Waals surface area contributed by atoms with E-state index < -0.39 is 0 Å². The van der Waals surface area contributed by atoms with Crippen LogP contribution >= 0.6 is 11.8 Å². The van der Waals surface area contributed by atoms with E-state index in [0.29, 0.717) is 25.3 Å². The van der Waals surface area contributed by atoms with E-state index in [2.05, 4.69) is 29.7 Å². The average Bonchev–Trinajstić information content (AvgIpc) is 2.71. The van der Waals surface area contributed by atoms with Crippen LogP contribution < -0.4 is 10.6 Å². The molecule has 1 unspecified atom stereocenters. The van der Waals surface area contributed by atoms with Crippen molar-refractivity contribution in [3.63, 3.8) is 0 Å². The zero-order valence-electron chi connectivity index (χ0n) is 15.7. The Bertz CT molecular complexity index is 737. The summed E-state index contributed by atoms with van der Waals surface area (Å²) in [6.07, 6.45) is 0. The highest BCUT2D eigenvalue weighted by Crippen LogP contribution is 2.22. The van der Waals surface area contributed by atoms with Gasteiger partial charge in [0.25, 0.3) is 5.91 Å². The van der Waals surface area contributed by atoms with Gasteiger partial charge in [0.05, 0.1) is 17.9 Å². The average molecular weight is 387 g/mol. The van der Waals surface area contributed by atoms with E-state index >= 15 is 0 Å². The number of rotatable bonds is 10. The highest BCUT2D eigenvalue weighted by molar-refractivity contribution is 8.00. The monoisotopic (exact) mass is 386 g/mol. The van der Waals surface area contributed by atoms with Crippen molar-refractivity contribution in [3.8, 4) is 0 Å². The summed E-state index contributed by atoms with van der Waals surface area (Å²) in [5, 5.41) is 5.77. The van der Waals surface area contributed by atoms with Crippen LogP contribution in [0.15, 0.2) is 59.5 Å².